The van der Waals surface area contributed by atoms with Crippen molar-refractivity contribution in [1.29, 1.82) is 0 Å². The molecule has 0 saturated heterocycles. The molecule has 1 aromatic carbocycles. The van der Waals surface area contributed by atoms with Gasteiger partial charge in [-0.3, -0.25) is 9.59 Å². The third-order valence-corrected chi connectivity index (χ3v) is 3.04. The molecule has 1 aromatic heterocycles. The van der Waals surface area contributed by atoms with Gasteiger partial charge in [-0.25, -0.2) is 0 Å². The minimum Gasteiger partial charge on any atom is -0.292 e. The number of rotatable bonds is 2. The van der Waals surface area contributed by atoms with Crippen molar-refractivity contribution < 1.29 is 4.79 Å². The molecular weight excluding hydrogens is 224 g/mol. The van der Waals surface area contributed by atoms with Crippen LogP contribution in [0, 0.1) is 6.92 Å². The maximum absolute atomic E-state index is 11.6. The molecule has 0 saturated carbocycles. The standard InChI is InChI=1S/C11H10N2O2S/c1-7-3-5-9(6-4-7)13-11(15)16-10(12-13)8(2)14/h3-6H,1-2H3. The molecule has 0 fully saturated rings. The van der Waals surface area contributed by atoms with E-state index in [0.717, 1.165) is 16.9 Å². The third kappa shape index (κ3) is 1.94. The summed E-state index contributed by atoms with van der Waals surface area (Å²) in [6.45, 7) is 3.37. The van der Waals surface area contributed by atoms with Gasteiger partial charge in [0, 0.05) is 6.92 Å². The van der Waals surface area contributed by atoms with Crippen molar-refractivity contribution in [2.45, 2.75) is 13.8 Å². The lowest BCUT2D eigenvalue weighted by Gasteiger charge is -1.99. The average Bonchev–Trinajstić information content (AvgIpc) is 2.62. The fourth-order valence-electron chi connectivity index (χ4n) is 1.27. The fraction of sp³-hybridized carbons (Fsp3) is 0.182. The number of hydrogen-bond donors (Lipinski definition) is 0. The van der Waals surface area contributed by atoms with Crippen LogP contribution in [-0.4, -0.2) is 15.6 Å². The highest BCUT2D eigenvalue weighted by Crippen LogP contribution is 2.08. The molecular formula is C11H10N2O2S. The predicted octanol–water partition coefficient (Wildman–Crippen LogP) is 1.81. The van der Waals surface area contributed by atoms with E-state index in [2.05, 4.69) is 5.10 Å². The van der Waals surface area contributed by atoms with E-state index in [1.807, 2.05) is 19.1 Å². The number of hydrogen-bond acceptors (Lipinski definition) is 4. The van der Waals surface area contributed by atoms with Crippen LogP contribution in [-0.2, 0) is 0 Å². The van der Waals surface area contributed by atoms with E-state index in [4.69, 9.17) is 0 Å². The largest absolute Gasteiger partial charge is 0.330 e. The summed E-state index contributed by atoms with van der Waals surface area (Å²) in [5, 5.41) is 4.22. The number of aromatic nitrogens is 2. The van der Waals surface area contributed by atoms with Crippen molar-refractivity contribution in [3.05, 3.63) is 44.5 Å². The molecule has 0 aliphatic carbocycles. The molecule has 0 atom stereocenters. The maximum atomic E-state index is 11.6. The Bertz CT molecular complexity index is 581. The van der Waals surface area contributed by atoms with E-state index in [0.29, 0.717) is 5.69 Å². The molecule has 2 aromatic rings. The summed E-state index contributed by atoms with van der Waals surface area (Å²) in [7, 11) is 0. The first kappa shape index (κ1) is 10.8. The van der Waals surface area contributed by atoms with Gasteiger partial charge in [0.15, 0.2) is 10.8 Å². The van der Waals surface area contributed by atoms with Gasteiger partial charge in [0.05, 0.1) is 5.69 Å². The number of Topliss-reactive ketones (excluding diaryl/α,β-unsaturated/α-hetero) is 1. The van der Waals surface area contributed by atoms with Gasteiger partial charge in [-0.2, -0.15) is 4.68 Å². The van der Waals surface area contributed by atoms with E-state index >= 15 is 0 Å². The normalized spacial score (nSPS) is 10.4. The summed E-state index contributed by atoms with van der Waals surface area (Å²) in [4.78, 5) is 22.4. The van der Waals surface area contributed by atoms with Crippen molar-refractivity contribution >= 4 is 17.1 Å². The van der Waals surface area contributed by atoms with Crippen LogP contribution < -0.4 is 4.87 Å². The highest BCUT2D eigenvalue weighted by Gasteiger charge is 2.10. The van der Waals surface area contributed by atoms with Crippen molar-refractivity contribution in [3.8, 4) is 5.69 Å². The Labute approximate surface area is 96.2 Å². The second-order valence-corrected chi connectivity index (χ2v) is 4.42. The van der Waals surface area contributed by atoms with Gasteiger partial charge in [0.2, 0.25) is 0 Å². The van der Waals surface area contributed by atoms with Crippen LogP contribution >= 0.6 is 11.3 Å². The molecule has 0 radical (unpaired) electrons. The maximum Gasteiger partial charge on any atom is 0.330 e. The van der Waals surface area contributed by atoms with Crippen LogP contribution in [0.1, 0.15) is 22.3 Å². The second kappa shape index (κ2) is 4.02. The fourth-order valence-corrected chi connectivity index (χ4v) is 1.93. The molecule has 1 heterocycles. The van der Waals surface area contributed by atoms with Gasteiger partial charge >= 0.3 is 4.87 Å². The Morgan fingerprint density at radius 3 is 2.44 bits per heavy atom. The Balaban J connectivity index is 2.52. The molecule has 0 spiro atoms. The Morgan fingerprint density at radius 2 is 1.94 bits per heavy atom. The lowest BCUT2D eigenvalue weighted by atomic mass is 10.2. The van der Waals surface area contributed by atoms with E-state index in [-0.39, 0.29) is 15.7 Å². The number of aryl methyl sites for hydroxylation is 1. The van der Waals surface area contributed by atoms with Crippen LogP contribution in [0.5, 0.6) is 0 Å². The highest BCUT2D eigenvalue weighted by atomic mass is 32.1. The zero-order valence-corrected chi connectivity index (χ0v) is 9.75. The van der Waals surface area contributed by atoms with E-state index < -0.39 is 0 Å². The summed E-state index contributed by atoms with van der Waals surface area (Å²) in [6.07, 6.45) is 0. The molecule has 0 unspecified atom stereocenters. The smallest absolute Gasteiger partial charge is 0.292 e. The Morgan fingerprint density at radius 1 is 1.31 bits per heavy atom. The van der Waals surface area contributed by atoms with Gasteiger partial charge in [-0.1, -0.05) is 17.7 Å². The van der Waals surface area contributed by atoms with Gasteiger partial charge in [-0.15, -0.1) is 5.10 Å². The van der Waals surface area contributed by atoms with Crippen molar-refractivity contribution in [3.63, 3.8) is 0 Å². The summed E-state index contributed by atoms with van der Waals surface area (Å²) in [6, 6.07) is 7.41. The first-order valence-corrected chi connectivity index (χ1v) is 5.58. The topological polar surface area (TPSA) is 52.0 Å². The summed E-state index contributed by atoms with van der Waals surface area (Å²) < 4.78 is 1.25. The minimum atomic E-state index is -0.242. The van der Waals surface area contributed by atoms with Gasteiger partial charge in [0.1, 0.15) is 0 Å². The number of nitrogens with zero attached hydrogens (tertiary/aromatic N) is 2. The molecule has 0 N–H and O–H groups in total. The van der Waals surface area contributed by atoms with E-state index in [1.165, 1.54) is 11.6 Å². The number of carbonyl (C=O) groups excluding carboxylic acids is 1. The van der Waals surface area contributed by atoms with Crippen LogP contribution in [0.3, 0.4) is 0 Å². The SMILES string of the molecule is CC(=O)c1nn(-c2ccc(C)cc2)c(=O)s1. The van der Waals surface area contributed by atoms with Gasteiger partial charge in [-0.05, 0) is 30.4 Å². The summed E-state index contributed by atoms with van der Waals surface area (Å²) in [5.74, 6) is -0.187. The molecule has 0 bridgehead atoms. The molecule has 4 nitrogen and oxygen atoms in total. The zero-order chi connectivity index (χ0) is 11.7. The van der Waals surface area contributed by atoms with E-state index in [1.54, 1.807) is 12.1 Å². The third-order valence-electron chi connectivity index (χ3n) is 2.13. The van der Waals surface area contributed by atoms with Crippen LogP contribution in [0.25, 0.3) is 5.69 Å². The first-order chi connectivity index (χ1) is 7.58. The quantitative estimate of drug-likeness (QED) is 0.744. The second-order valence-electron chi connectivity index (χ2n) is 3.48. The predicted molar refractivity (Wildman–Crippen MR) is 62.5 cm³/mol. The van der Waals surface area contributed by atoms with Crippen LogP contribution in [0.15, 0.2) is 29.1 Å². The lowest BCUT2D eigenvalue weighted by molar-refractivity contribution is 0.101. The molecule has 82 valence electrons. The number of ketones is 1. The molecule has 16 heavy (non-hydrogen) atoms. The number of carbonyl (C=O) groups is 1. The van der Waals surface area contributed by atoms with Gasteiger partial charge < -0.3 is 0 Å². The molecule has 5 heteroatoms. The lowest BCUT2D eigenvalue weighted by Crippen LogP contribution is -2.12. The zero-order valence-electron chi connectivity index (χ0n) is 8.93. The Hall–Kier alpha value is -1.75. The van der Waals surface area contributed by atoms with Crippen LogP contribution in [0.4, 0.5) is 0 Å². The van der Waals surface area contributed by atoms with E-state index in [9.17, 15) is 9.59 Å². The Kier molecular flexibility index (Phi) is 2.70. The van der Waals surface area contributed by atoms with Crippen molar-refractivity contribution in [1.82, 2.24) is 9.78 Å². The highest BCUT2D eigenvalue weighted by molar-refractivity contribution is 7.11. The first-order valence-electron chi connectivity index (χ1n) is 4.76. The van der Waals surface area contributed by atoms with Crippen molar-refractivity contribution in [2.24, 2.45) is 0 Å². The summed E-state index contributed by atoms with van der Waals surface area (Å²) >= 11 is 0.868. The molecule has 0 aliphatic rings. The van der Waals surface area contributed by atoms with Crippen LogP contribution in [0.2, 0.25) is 0 Å². The summed E-state index contributed by atoms with van der Waals surface area (Å²) in [5.41, 5.74) is 1.79. The molecule has 2 rings (SSSR count). The molecule has 0 aliphatic heterocycles. The number of benzene rings is 1. The monoisotopic (exact) mass is 234 g/mol. The minimum absolute atomic E-state index is 0.187. The average molecular weight is 234 g/mol. The molecule has 0 amide bonds. The van der Waals surface area contributed by atoms with Gasteiger partial charge in [0.25, 0.3) is 0 Å². The van der Waals surface area contributed by atoms with Crippen molar-refractivity contribution in [2.75, 3.05) is 0 Å².